The minimum Gasteiger partial charge on any atom is -0.353 e. The third-order valence-corrected chi connectivity index (χ3v) is 5.54. The quantitative estimate of drug-likeness (QED) is 0.510. The molecule has 0 aromatic carbocycles. The molecule has 1 N–H and O–H groups in total. The molecule has 0 spiro atoms. The van der Waals surface area contributed by atoms with Crippen LogP contribution in [0.25, 0.3) is 22.3 Å². The Morgan fingerprint density at radius 2 is 1.91 bits per heavy atom. The highest BCUT2D eigenvalue weighted by atomic mass is 19.4. The first-order chi connectivity index (χ1) is 15.4. The van der Waals surface area contributed by atoms with Crippen LogP contribution in [-0.2, 0) is 0 Å². The molecular formula is C21H20F3N7O. The number of imidazole rings is 1. The van der Waals surface area contributed by atoms with E-state index in [4.69, 9.17) is 0 Å². The predicted molar refractivity (Wildman–Crippen MR) is 111 cm³/mol. The van der Waals surface area contributed by atoms with Crippen LogP contribution in [0, 0.1) is 0 Å². The Morgan fingerprint density at radius 1 is 1.09 bits per heavy atom. The van der Waals surface area contributed by atoms with Crippen molar-refractivity contribution >= 4 is 23.0 Å². The molecule has 1 aliphatic heterocycles. The second-order valence-corrected chi connectivity index (χ2v) is 7.72. The maximum atomic E-state index is 12.9. The molecular weight excluding hydrogens is 423 g/mol. The van der Waals surface area contributed by atoms with Crippen molar-refractivity contribution in [3.8, 4) is 11.1 Å². The van der Waals surface area contributed by atoms with Gasteiger partial charge >= 0.3 is 6.18 Å². The summed E-state index contributed by atoms with van der Waals surface area (Å²) in [5, 5.41) is 6.83. The van der Waals surface area contributed by atoms with Crippen LogP contribution in [0.5, 0.6) is 0 Å². The molecule has 5 heterocycles. The Labute approximate surface area is 180 Å². The molecule has 4 aromatic heterocycles. The van der Waals surface area contributed by atoms with Gasteiger partial charge in [0.25, 0.3) is 5.91 Å². The van der Waals surface area contributed by atoms with E-state index < -0.39 is 12.6 Å². The third kappa shape index (κ3) is 3.85. The van der Waals surface area contributed by atoms with E-state index in [9.17, 15) is 18.0 Å². The van der Waals surface area contributed by atoms with Crippen molar-refractivity contribution in [3.05, 3.63) is 48.7 Å². The number of alkyl halides is 3. The number of hydrogen-bond acceptors (Lipinski definition) is 5. The number of anilines is 1. The fraction of sp³-hybridized carbons (Fsp3) is 0.333. The first-order valence-corrected chi connectivity index (χ1v) is 10.3. The van der Waals surface area contributed by atoms with Gasteiger partial charge in [0.2, 0.25) is 5.95 Å². The molecule has 0 radical (unpaired) electrons. The number of rotatable bonds is 5. The van der Waals surface area contributed by atoms with Gasteiger partial charge in [-0.1, -0.05) is 0 Å². The van der Waals surface area contributed by atoms with Crippen molar-refractivity contribution in [2.45, 2.75) is 25.4 Å². The van der Waals surface area contributed by atoms with Gasteiger partial charge in [-0.3, -0.25) is 9.20 Å². The number of fused-ring (bicyclic) bond motifs is 2. The fourth-order valence-electron chi connectivity index (χ4n) is 3.92. The van der Waals surface area contributed by atoms with Gasteiger partial charge < -0.3 is 10.2 Å². The Bertz CT molecular complexity index is 1290. The van der Waals surface area contributed by atoms with Gasteiger partial charge in [0.15, 0.2) is 0 Å². The van der Waals surface area contributed by atoms with Crippen LogP contribution in [-0.4, -0.2) is 60.6 Å². The van der Waals surface area contributed by atoms with E-state index in [0.717, 1.165) is 37.1 Å². The summed E-state index contributed by atoms with van der Waals surface area (Å²) in [6.07, 6.45) is 3.56. The number of likely N-dealkylation sites (tertiary alicyclic amines) is 1. The first kappa shape index (κ1) is 20.3. The van der Waals surface area contributed by atoms with Crippen LogP contribution in [0.15, 0.2) is 43.0 Å². The lowest BCUT2D eigenvalue weighted by Crippen LogP contribution is -2.28. The average molecular weight is 443 g/mol. The zero-order chi connectivity index (χ0) is 22.3. The first-order valence-electron chi connectivity index (χ1n) is 10.3. The molecule has 1 aliphatic rings. The van der Waals surface area contributed by atoms with Crippen LogP contribution in [0.1, 0.15) is 29.8 Å². The normalized spacial score (nSPS) is 14.5. The van der Waals surface area contributed by atoms with E-state index >= 15 is 0 Å². The largest absolute Gasteiger partial charge is 0.390 e. The zero-order valence-electron chi connectivity index (χ0n) is 17.0. The van der Waals surface area contributed by atoms with E-state index in [-0.39, 0.29) is 18.4 Å². The van der Waals surface area contributed by atoms with E-state index in [0.29, 0.717) is 16.9 Å². The summed E-state index contributed by atoms with van der Waals surface area (Å²) < 4.78 is 40.4. The van der Waals surface area contributed by atoms with E-state index in [1.54, 1.807) is 27.5 Å². The molecule has 1 amide bonds. The summed E-state index contributed by atoms with van der Waals surface area (Å²) in [4.78, 5) is 23.2. The van der Waals surface area contributed by atoms with Crippen LogP contribution < -0.4 is 5.32 Å². The summed E-state index contributed by atoms with van der Waals surface area (Å²) in [6.45, 7) is 1.22. The lowest BCUT2D eigenvalue weighted by molar-refractivity contribution is -0.131. The summed E-state index contributed by atoms with van der Waals surface area (Å²) in [7, 11) is 0. The van der Waals surface area contributed by atoms with Gasteiger partial charge in [0.05, 0.1) is 24.3 Å². The monoisotopic (exact) mass is 443 g/mol. The van der Waals surface area contributed by atoms with Crippen LogP contribution >= 0.6 is 0 Å². The molecule has 8 nitrogen and oxygen atoms in total. The number of carbonyl (C=O) groups is 1. The molecule has 1 fully saturated rings. The third-order valence-electron chi connectivity index (χ3n) is 5.54. The topological polar surface area (TPSA) is 79.8 Å². The maximum absolute atomic E-state index is 12.9. The molecule has 166 valence electrons. The Balaban J connectivity index is 1.44. The van der Waals surface area contributed by atoms with Gasteiger partial charge in [-0.2, -0.15) is 13.2 Å². The number of nitrogens with zero attached hydrogens (tertiary/aromatic N) is 6. The van der Waals surface area contributed by atoms with E-state index in [2.05, 4.69) is 20.4 Å². The van der Waals surface area contributed by atoms with Gasteiger partial charge in [-0.25, -0.2) is 14.5 Å². The number of aromatic nitrogens is 5. The van der Waals surface area contributed by atoms with Gasteiger partial charge in [0, 0.05) is 43.2 Å². The molecule has 0 aliphatic carbocycles. The number of amides is 1. The summed E-state index contributed by atoms with van der Waals surface area (Å²) in [5.74, 6) is 0.0826. The predicted octanol–water partition coefficient (Wildman–Crippen LogP) is 3.64. The van der Waals surface area contributed by atoms with Crippen molar-refractivity contribution in [3.63, 3.8) is 0 Å². The molecule has 0 atom stereocenters. The molecule has 0 saturated carbocycles. The average Bonchev–Trinajstić information content (AvgIpc) is 3.50. The van der Waals surface area contributed by atoms with E-state index in [1.807, 2.05) is 29.3 Å². The lowest BCUT2D eigenvalue weighted by atomic mass is 10.1. The second-order valence-electron chi connectivity index (χ2n) is 7.72. The SMILES string of the molecule is O=C(c1cnc2ccc(-c3ccn4nc(NCCC(F)(F)F)ncc34)cn12)N1CCCC1. The maximum Gasteiger partial charge on any atom is 0.390 e. The van der Waals surface area contributed by atoms with Gasteiger partial charge in [-0.05, 0) is 31.0 Å². The molecule has 1 saturated heterocycles. The minimum atomic E-state index is -4.24. The number of hydrogen-bond donors (Lipinski definition) is 1. The summed E-state index contributed by atoms with van der Waals surface area (Å²) >= 11 is 0. The molecule has 4 aromatic rings. The standard InChI is InChI=1S/C21H20F3N7O/c22-21(23,24)6-7-25-20-27-11-16-15(5-10-31(16)28-20)14-3-4-18-26-12-17(30(18)13-14)19(32)29-8-1-2-9-29/h3-5,10-13H,1-2,6-9H2,(H,25,28). The number of carbonyl (C=O) groups excluding carboxylic acids is 1. The molecule has 5 rings (SSSR count). The van der Waals surface area contributed by atoms with Crippen LogP contribution in [0.2, 0.25) is 0 Å². The zero-order valence-corrected chi connectivity index (χ0v) is 17.0. The summed E-state index contributed by atoms with van der Waals surface area (Å²) in [5.41, 5.74) is 3.56. The Morgan fingerprint density at radius 3 is 2.69 bits per heavy atom. The van der Waals surface area contributed by atoms with Crippen molar-refractivity contribution in [2.75, 3.05) is 25.0 Å². The Kier molecular flexibility index (Phi) is 4.95. The second kappa shape index (κ2) is 7.81. The van der Waals surface area contributed by atoms with Crippen LogP contribution in [0.4, 0.5) is 19.1 Å². The number of pyridine rings is 1. The molecule has 0 unspecified atom stereocenters. The molecule has 32 heavy (non-hydrogen) atoms. The molecule has 11 heteroatoms. The van der Waals surface area contributed by atoms with Crippen molar-refractivity contribution in [1.29, 1.82) is 0 Å². The fourth-order valence-corrected chi connectivity index (χ4v) is 3.92. The highest BCUT2D eigenvalue weighted by molar-refractivity contribution is 5.93. The highest BCUT2D eigenvalue weighted by Crippen LogP contribution is 2.27. The van der Waals surface area contributed by atoms with Crippen molar-refractivity contribution < 1.29 is 18.0 Å². The van der Waals surface area contributed by atoms with Gasteiger partial charge in [0.1, 0.15) is 11.3 Å². The number of nitrogens with one attached hydrogen (secondary N) is 1. The Hall–Kier alpha value is -3.63. The smallest absolute Gasteiger partial charge is 0.353 e. The number of halogens is 3. The van der Waals surface area contributed by atoms with E-state index in [1.165, 1.54) is 0 Å². The van der Waals surface area contributed by atoms with Crippen molar-refractivity contribution in [1.82, 2.24) is 28.9 Å². The molecule has 0 bridgehead atoms. The van der Waals surface area contributed by atoms with Gasteiger partial charge in [-0.15, -0.1) is 5.10 Å². The minimum absolute atomic E-state index is 0.0354. The van der Waals surface area contributed by atoms with Crippen LogP contribution in [0.3, 0.4) is 0 Å². The summed E-state index contributed by atoms with van der Waals surface area (Å²) in [6, 6.07) is 5.59. The van der Waals surface area contributed by atoms with Crippen molar-refractivity contribution in [2.24, 2.45) is 0 Å². The highest BCUT2D eigenvalue weighted by Gasteiger charge is 2.26. The lowest BCUT2D eigenvalue weighted by Gasteiger charge is -2.14.